The molecule has 3 nitrogen and oxygen atoms in total. The van der Waals surface area contributed by atoms with Gasteiger partial charge in [0.05, 0.1) is 0 Å². The highest BCUT2D eigenvalue weighted by atomic mass is 19.4. The molecule has 1 rings (SSSR count). The predicted molar refractivity (Wildman–Crippen MR) is 79.5 cm³/mol. The largest absolute Gasteiger partial charge is 0.477 e. The Morgan fingerprint density at radius 3 is 1.05 bits per heavy atom. The lowest BCUT2D eigenvalue weighted by Gasteiger charge is -2.43. The van der Waals surface area contributed by atoms with Crippen LogP contribution in [-0.4, -0.2) is 64.8 Å². The van der Waals surface area contributed by atoms with Gasteiger partial charge in [0, 0.05) is 0 Å². The highest BCUT2D eigenvalue weighted by Crippen LogP contribution is 2.65. The van der Waals surface area contributed by atoms with Crippen molar-refractivity contribution in [2.75, 3.05) is 0 Å². The van der Waals surface area contributed by atoms with Crippen molar-refractivity contribution in [2.45, 2.75) is 53.7 Å². The lowest BCUT2D eigenvalue weighted by molar-refractivity contribution is -0.476. The molecule has 0 heterocycles. The summed E-state index contributed by atoms with van der Waals surface area (Å²) in [5.41, 5.74) is -3.18. The number of carboxylic acids is 1. The third-order valence-corrected chi connectivity index (χ3v) is 4.76. The van der Waals surface area contributed by atoms with Gasteiger partial charge < -0.3 is 9.84 Å². The van der Waals surface area contributed by atoms with Gasteiger partial charge in [0.15, 0.2) is 17.4 Å². The summed E-state index contributed by atoms with van der Waals surface area (Å²) in [6.45, 7) is 0. The second-order valence-electron chi connectivity index (χ2n) is 7.40. The van der Waals surface area contributed by atoms with Crippen molar-refractivity contribution in [3.8, 4) is 5.75 Å². The molecule has 0 aliphatic rings. The second kappa shape index (κ2) is 9.70. The van der Waals surface area contributed by atoms with Gasteiger partial charge in [0.1, 0.15) is 5.56 Å². The van der Waals surface area contributed by atoms with E-state index in [1.54, 1.807) is 0 Å². The molecule has 0 bridgehead atoms. The highest BCUT2D eigenvalue weighted by Gasteiger charge is 2.97. The molecule has 26 heteroatoms. The van der Waals surface area contributed by atoms with E-state index >= 15 is 0 Å². The molecule has 0 fully saturated rings. The number of hydrogen-bond acceptors (Lipinski definition) is 2. The number of carbonyl (C=O) groups is 1. The first-order valence-electron chi connectivity index (χ1n) is 8.93. The van der Waals surface area contributed by atoms with Gasteiger partial charge in [0.25, 0.3) is 0 Å². The molecule has 0 aromatic heterocycles. The Morgan fingerprint density at radius 2 is 0.738 bits per heavy atom. The van der Waals surface area contributed by atoms with E-state index in [1.807, 2.05) is 0 Å². The Labute approximate surface area is 211 Å². The summed E-state index contributed by atoms with van der Waals surface area (Å²) in [7, 11) is 0. The molecule has 0 unspecified atom stereocenters. The normalized spacial score (nSPS) is 15.2. The zero-order chi connectivity index (χ0) is 34.2. The maximum absolute atomic E-state index is 13.8. The number of aromatic carboxylic acids is 1. The van der Waals surface area contributed by atoms with Crippen LogP contribution in [0.5, 0.6) is 5.75 Å². The fraction of sp³-hybridized carbons (Fsp3) is 0.562. The smallest absolute Gasteiger partial charge is 0.471 e. The summed E-state index contributed by atoms with van der Waals surface area (Å²) in [5.74, 6) is -84.0. The zero-order valence-corrected chi connectivity index (χ0v) is 18.0. The fourth-order valence-corrected chi connectivity index (χ4v) is 2.44. The predicted octanol–water partition coefficient (Wildman–Crippen LogP) is 7.92. The molecular formula is C16HF23O3. The molecule has 0 amide bonds. The van der Waals surface area contributed by atoms with Gasteiger partial charge in [0.2, 0.25) is 11.6 Å². The summed E-state index contributed by atoms with van der Waals surface area (Å²) in [5, 5.41) is 8.50. The van der Waals surface area contributed by atoms with Crippen LogP contribution in [0.2, 0.25) is 0 Å². The minimum absolute atomic E-state index is 2.20. The Balaban J connectivity index is 3.90. The van der Waals surface area contributed by atoms with Gasteiger partial charge in [-0.15, -0.1) is 0 Å². The molecule has 0 aliphatic carbocycles. The number of hydrogen-bond donors (Lipinski definition) is 1. The highest BCUT2D eigenvalue weighted by molar-refractivity contribution is 5.91. The van der Waals surface area contributed by atoms with Crippen LogP contribution in [0.4, 0.5) is 101 Å². The van der Waals surface area contributed by atoms with Crippen molar-refractivity contribution in [3.05, 3.63) is 28.8 Å². The van der Waals surface area contributed by atoms with Gasteiger partial charge in [-0.2, -0.15) is 87.8 Å². The van der Waals surface area contributed by atoms with Crippen LogP contribution in [0.15, 0.2) is 0 Å². The number of halogens is 23. The van der Waals surface area contributed by atoms with Crippen LogP contribution in [0.3, 0.4) is 0 Å². The molecule has 244 valence electrons. The van der Waals surface area contributed by atoms with E-state index in [9.17, 15) is 106 Å². The molecule has 0 atom stereocenters. The van der Waals surface area contributed by atoms with Gasteiger partial charge in [-0.05, 0) is 0 Å². The quantitative estimate of drug-likeness (QED) is 0.156. The lowest BCUT2D eigenvalue weighted by Crippen LogP contribution is -2.76. The first-order valence-corrected chi connectivity index (χ1v) is 8.93. The zero-order valence-electron chi connectivity index (χ0n) is 18.0. The first kappa shape index (κ1) is 36.9. The van der Waals surface area contributed by atoms with E-state index in [0.717, 1.165) is 0 Å². The Morgan fingerprint density at radius 1 is 0.452 bits per heavy atom. The molecule has 1 aromatic rings. The van der Waals surface area contributed by atoms with Crippen LogP contribution >= 0.6 is 0 Å². The molecule has 1 aromatic carbocycles. The fourth-order valence-electron chi connectivity index (χ4n) is 2.44. The number of alkyl halides is 19. The Kier molecular flexibility index (Phi) is 8.52. The summed E-state index contributed by atoms with van der Waals surface area (Å²) in [6, 6.07) is 0. The van der Waals surface area contributed by atoms with E-state index in [-0.39, 0.29) is 0 Å². The van der Waals surface area contributed by atoms with Crippen molar-refractivity contribution in [1.82, 2.24) is 0 Å². The van der Waals surface area contributed by atoms with Crippen LogP contribution in [0.1, 0.15) is 10.4 Å². The lowest BCUT2D eigenvalue weighted by atomic mass is 9.88. The Bertz CT molecular complexity index is 1230. The maximum atomic E-state index is 13.8. The van der Waals surface area contributed by atoms with Gasteiger partial charge in [-0.25, -0.2) is 18.0 Å². The monoisotopic (exact) mass is 678 g/mol. The molecular weight excluding hydrogens is 677 g/mol. The van der Waals surface area contributed by atoms with Gasteiger partial charge >= 0.3 is 59.7 Å². The minimum Gasteiger partial charge on any atom is -0.477 e. The van der Waals surface area contributed by atoms with E-state index in [4.69, 9.17) is 5.11 Å². The summed E-state index contributed by atoms with van der Waals surface area (Å²) in [6.07, 6.45) is -16.1. The second-order valence-corrected chi connectivity index (χ2v) is 7.40. The summed E-state index contributed by atoms with van der Waals surface area (Å²) in [4.78, 5) is 10.8. The average Bonchev–Trinajstić information content (AvgIpc) is 2.79. The van der Waals surface area contributed by atoms with E-state index in [0.29, 0.717) is 0 Å². The first-order chi connectivity index (χ1) is 18.1. The van der Waals surface area contributed by atoms with Crippen molar-refractivity contribution < 1.29 is 116 Å². The number of benzene rings is 1. The molecule has 0 saturated heterocycles. The Hall–Kier alpha value is -3.12. The van der Waals surface area contributed by atoms with Gasteiger partial charge in [-0.3, -0.25) is 0 Å². The van der Waals surface area contributed by atoms with E-state index in [2.05, 4.69) is 4.74 Å². The van der Waals surface area contributed by atoms with Crippen LogP contribution < -0.4 is 4.74 Å². The molecule has 0 saturated carbocycles. The number of rotatable bonds is 10. The molecule has 1 N–H and O–H groups in total. The van der Waals surface area contributed by atoms with Crippen molar-refractivity contribution in [3.63, 3.8) is 0 Å². The minimum atomic E-state index is -9.31. The van der Waals surface area contributed by atoms with Crippen LogP contribution in [-0.2, 0) is 0 Å². The summed E-state index contributed by atoms with van der Waals surface area (Å²) < 4.78 is 308. The SMILES string of the molecule is O=C(O)c1c(F)c(F)c(F)c(F)c1OC(F)(F)C(F)(F)C(F)(F)C(F)(F)C(F)(F)C(F)(F)C(F)(F)C(F)(F)C(F)(F)F. The molecule has 0 aliphatic heterocycles. The van der Waals surface area contributed by atoms with Crippen molar-refractivity contribution in [2.24, 2.45) is 0 Å². The summed E-state index contributed by atoms with van der Waals surface area (Å²) >= 11 is 0. The van der Waals surface area contributed by atoms with Crippen molar-refractivity contribution >= 4 is 5.97 Å². The average molecular weight is 678 g/mol. The third-order valence-electron chi connectivity index (χ3n) is 4.76. The molecule has 0 radical (unpaired) electrons. The van der Waals surface area contributed by atoms with Gasteiger partial charge in [-0.1, -0.05) is 0 Å². The number of ether oxygens (including phenoxy) is 1. The topological polar surface area (TPSA) is 46.5 Å². The third kappa shape index (κ3) is 4.57. The van der Waals surface area contributed by atoms with E-state index < -0.39 is 94.3 Å². The molecule has 0 spiro atoms. The maximum Gasteiger partial charge on any atom is 0.471 e. The van der Waals surface area contributed by atoms with Crippen LogP contribution in [0.25, 0.3) is 0 Å². The van der Waals surface area contributed by atoms with Crippen LogP contribution in [0, 0.1) is 23.3 Å². The molecule has 42 heavy (non-hydrogen) atoms. The number of carboxylic acid groups (broad SMARTS) is 1. The van der Waals surface area contributed by atoms with E-state index in [1.165, 1.54) is 0 Å². The standard InChI is InChI=1S/C16HF23O3/c17-2-1(7(40)41)6(5(20)4(19)3(2)18)42-16(38,39)14(33,34)12(29,30)10(25,26)8(21,22)9(23,24)11(27,28)13(31,32)15(35,36)37/h(H,40,41). The van der Waals surface area contributed by atoms with Crippen molar-refractivity contribution in [1.29, 1.82) is 0 Å².